The number of thiophene rings is 1. The van der Waals surface area contributed by atoms with Crippen molar-refractivity contribution in [3.8, 4) is 0 Å². The van der Waals surface area contributed by atoms with Crippen LogP contribution in [0.25, 0.3) is 0 Å². The highest BCUT2D eigenvalue weighted by Gasteiger charge is 2.27. The van der Waals surface area contributed by atoms with Gasteiger partial charge in [0.05, 0.1) is 29.2 Å². The molecule has 2 aromatic carbocycles. The standard InChI is InChI=1S/C21H15F2N3O2S/c22-13-7-8-14(23)16(10-13)25-20(27)12-26-18-5-2-1-4-15(18)24-17(11-21(26)28)19-6-3-9-29-19/h1-10H,11-12H2,(H,25,27). The second kappa shape index (κ2) is 7.92. The van der Waals surface area contributed by atoms with Crippen molar-refractivity contribution in [3.05, 3.63) is 76.5 Å². The van der Waals surface area contributed by atoms with Crippen molar-refractivity contribution in [1.82, 2.24) is 0 Å². The van der Waals surface area contributed by atoms with Gasteiger partial charge in [-0.25, -0.2) is 13.8 Å². The Bertz CT molecular complexity index is 1110. The van der Waals surface area contributed by atoms with E-state index in [1.165, 1.54) is 16.2 Å². The predicted molar refractivity (Wildman–Crippen MR) is 109 cm³/mol. The van der Waals surface area contributed by atoms with Crippen molar-refractivity contribution in [1.29, 1.82) is 0 Å². The molecule has 1 N–H and O–H groups in total. The van der Waals surface area contributed by atoms with Crippen molar-refractivity contribution < 1.29 is 18.4 Å². The summed E-state index contributed by atoms with van der Waals surface area (Å²) in [5.41, 5.74) is 1.39. The highest BCUT2D eigenvalue weighted by atomic mass is 32.1. The van der Waals surface area contributed by atoms with Crippen molar-refractivity contribution >= 4 is 45.9 Å². The minimum atomic E-state index is -0.759. The van der Waals surface area contributed by atoms with Gasteiger partial charge in [0.15, 0.2) is 0 Å². The molecule has 0 atom stereocenters. The number of nitrogens with one attached hydrogen (secondary N) is 1. The number of carbonyl (C=O) groups is 2. The van der Waals surface area contributed by atoms with Gasteiger partial charge in [-0.2, -0.15) is 0 Å². The van der Waals surface area contributed by atoms with E-state index in [2.05, 4.69) is 10.3 Å². The van der Waals surface area contributed by atoms with Crippen molar-refractivity contribution in [2.45, 2.75) is 6.42 Å². The van der Waals surface area contributed by atoms with Crippen molar-refractivity contribution in [2.75, 3.05) is 16.8 Å². The molecule has 8 heteroatoms. The largest absolute Gasteiger partial charge is 0.322 e. The Morgan fingerprint density at radius 2 is 1.97 bits per heavy atom. The zero-order chi connectivity index (χ0) is 20.4. The van der Waals surface area contributed by atoms with E-state index >= 15 is 0 Å². The summed E-state index contributed by atoms with van der Waals surface area (Å²) in [5, 5.41) is 4.23. The number of nitrogens with zero attached hydrogens (tertiary/aromatic N) is 2. The van der Waals surface area contributed by atoms with E-state index in [4.69, 9.17) is 0 Å². The summed E-state index contributed by atoms with van der Waals surface area (Å²) in [6.07, 6.45) is 0.0246. The topological polar surface area (TPSA) is 61.8 Å². The van der Waals surface area contributed by atoms with Gasteiger partial charge in [0.2, 0.25) is 11.8 Å². The van der Waals surface area contributed by atoms with Crippen LogP contribution in [0, 0.1) is 11.6 Å². The maximum atomic E-state index is 13.8. The third kappa shape index (κ3) is 4.07. The first-order valence-electron chi connectivity index (χ1n) is 8.77. The lowest BCUT2D eigenvalue weighted by atomic mass is 10.2. The summed E-state index contributed by atoms with van der Waals surface area (Å²) in [4.78, 5) is 32.2. The fourth-order valence-electron chi connectivity index (χ4n) is 3.03. The van der Waals surface area contributed by atoms with E-state index < -0.39 is 17.5 Å². The quantitative estimate of drug-likeness (QED) is 0.686. The molecule has 4 rings (SSSR count). The highest BCUT2D eigenvalue weighted by Crippen LogP contribution is 2.33. The lowest BCUT2D eigenvalue weighted by Gasteiger charge is -2.22. The number of hydrogen-bond acceptors (Lipinski definition) is 4. The van der Waals surface area contributed by atoms with E-state index in [0.29, 0.717) is 17.1 Å². The fourth-order valence-corrected chi connectivity index (χ4v) is 3.74. The molecule has 29 heavy (non-hydrogen) atoms. The number of aliphatic imine (C=N–C) groups is 1. The number of benzene rings is 2. The molecule has 1 aromatic heterocycles. The van der Waals surface area contributed by atoms with Gasteiger partial charge in [-0.05, 0) is 35.7 Å². The number of rotatable bonds is 4. The van der Waals surface area contributed by atoms with Crippen LogP contribution in [0.15, 0.2) is 65.0 Å². The second-order valence-corrected chi connectivity index (χ2v) is 7.30. The summed E-state index contributed by atoms with van der Waals surface area (Å²) in [6, 6.07) is 13.5. The molecule has 1 aliphatic heterocycles. The summed E-state index contributed by atoms with van der Waals surface area (Å²) in [7, 11) is 0. The van der Waals surface area contributed by atoms with Crippen LogP contribution in [0.3, 0.4) is 0 Å². The highest BCUT2D eigenvalue weighted by molar-refractivity contribution is 7.12. The lowest BCUT2D eigenvalue weighted by Crippen LogP contribution is -2.38. The zero-order valence-electron chi connectivity index (χ0n) is 15.1. The first-order chi connectivity index (χ1) is 14.0. The number of para-hydroxylation sites is 2. The van der Waals surface area contributed by atoms with Gasteiger partial charge in [-0.1, -0.05) is 18.2 Å². The van der Waals surface area contributed by atoms with Crippen LogP contribution in [0.1, 0.15) is 11.3 Å². The molecule has 0 aliphatic carbocycles. The minimum absolute atomic E-state index is 0.0246. The summed E-state index contributed by atoms with van der Waals surface area (Å²) in [6.45, 7) is -0.348. The van der Waals surface area contributed by atoms with Gasteiger partial charge in [-0.3, -0.25) is 9.59 Å². The van der Waals surface area contributed by atoms with Gasteiger partial charge in [0.25, 0.3) is 0 Å². The molecular weight excluding hydrogens is 396 g/mol. The molecular formula is C21H15F2N3O2S. The molecule has 3 aromatic rings. The van der Waals surface area contributed by atoms with Crippen LogP contribution in [-0.2, 0) is 9.59 Å². The van der Waals surface area contributed by atoms with E-state index in [0.717, 1.165) is 23.1 Å². The van der Waals surface area contributed by atoms with Gasteiger partial charge in [0.1, 0.15) is 18.2 Å². The molecule has 0 spiro atoms. The number of halogens is 2. The van der Waals surface area contributed by atoms with Crippen LogP contribution in [0.4, 0.5) is 25.8 Å². The SMILES string of the molecule is O=C(CN1C(=O)CC(c2cccs2)=Nc2ccccc21)Nc1cc(F)ccc1F. The van der Waals surface area contributed by atoms with Crippen LogP contribution in [0.5, 0.6) is 0 Å². The molecule has 0 radical (unpaired) electrons. The minimum Gasteiger partial charge on any atom is -0.322 e. The first-order valence-corrected chi connectivity index (χ1v) is 9.65. The third-order valence-corrected chi connectivity index (χ3v) is 5.28. The normalized spacial score (nSPS) is 13.5. The Morgan fingerprint density at radius 3 is 2.76 bits per heavy atom. The fraction of sp³-hybridized carbons (Fsp3) is 0.0952. The Labute approximate surface area is 169 Å². The molecule has 0 unspecified atom stereocenters. The molecule has 1 aliphatic rings. The van der Waals surface area contributed by atoms with Crippen molar-refractivity contribution in [3.63, 3.8) is 0 Å². The molecule has 146 valence electrons. The maximum absolute atomic E-state index is 13.8. The van der Waals surface area contributed by atoms with E-state index in [1.807, 2.05) is 17.5 Å². The average molecular weight is 411 g/mol. The molecule has 5 nitrogen and oxygen atoms in total. The summed E-state index contributed by atoms with van der Waals surface area (Å²) < 4.78 is 27.2. The van der Waals surface area contributed by atoms with Crippen LogP contribution >= 0.6 is 11.3 Å². The van der Waals surface area contributed by atoms with Gasteiger partial charge < -0.3 is 10.2 Å². The number of carbonyl (C=O) groups excluding carboxylic acids is 2. The third-order valence-electron chi connectivity index (χ3n) is 4.36. The maximum Gasteiger partial charge on any atom is 0.244 e. The molecule has 2 amide bonds. The van der Waals surface area contributed by atoms with Gasteiger partial charge in [0, 0.05) is 10.9 Å². The van der Waals surface area contributed by atoms with E-state index in [1.54, 1.807) is 24.3 Å². The Hall–Kier alpha value is -3.39. The van der Waals surface area contributed by atoms with Crippen LogP contribution in [-0.4, -0.2) is 24.1 Å². The molecule has 2 heterocycles. The van der Waals surface area contributed by atoms with Crippen LogP contribution < -0.4 is 10.2 Å². The predicted octanol–water partition coefficient (Wildman–Crippen LogP) is 4.52. The summed E-state index contributed by atoms with van der Waals surface area (Å²) in [5.74, 6) is -2.38. The Morgan fingerprint density at radius 1 is 1.14 bits per heavy atom. The molecule has 0 fully saturated rings. The van der Waals surface area contributed by atoms with Crippen molar-refractivity contribution in [2.24, 2.45) is 4.99 Å². The Balaban J connectivity index is 1.61. The molecule has 0 saturated carbocycles. The smallest absolute Gasteiger partial charge is 0.244 e. The summed E-state index contributed by atoms with van der Waals surface area (Å²) >= 11 is 1.48. The van der Waals surface area contributed by atoms with E-state index in [-0.39, 0.29) is 24.6 Å². The number of hydrogen-bond donors (Lipinski definition) is 1. The van der Waals surface area contributed by atoms with Crippen LogP contribution in [0.2, 0.25) is 0 Å². The molecule has 0 saturated heterocycles. The number of fused-ring (bicyclic) bond motifs is 1. The average Bonchev–Trinajstić information content (AvgIpc) is 3.19. The molecule has 0 bridgehead atoms. The van der Waals surface area contributed by atoms with Gasteiger partial charge >= 0.3 is 0 Å². The first kappa shape index (κ1) is 18.9. The monoisotopic (exact) mass is 411 g/mol. The van der Waals surface area contributed by atoms with E-state index in [9.17, 15) is 18.4 Å². The zero-order valence-corrected chi connectivity index (χ0v) is 15.9. The number of amides is 2. The lowest BCUT2D eigenvalue weighted by molar-refractivity contribution is -0.120. The number of anilines is 2. The van der Waals surface area contributed by atoms with Gasteiger partial charge in [-0.15, -0.1) is 11.3 Å². The Kier molecular flexibility index (Phi) is 5.18. The second-order valence-electron chi connectivity index (χ2n) is 6.35.